The van der Waals surface area contributed by atoms with Gasteiger partial charge in [0.05, 0.1) is 5.75 Å². The summed E-state index contributed by atoms with van der Waals surface area (Å²) in [5.41, 5.74) is 0. The fraction of sp³-hybridized carbons (Fsp3) is 0.579. The molecular weight excluding hydrogens is 368 g/mol. The number of hydrogen-bond acceptors (Lipinski definition) is 5. The van der Waals surface area contributed by atoms with Crippen LogP contribution in [0.1, 0.15) is 38.5 Å². The molecule has 3 aliphatic rings. The van der Waals surface area contributed by atoms with Gasteiger partial charge < -0.3 is 4.74 Å². The number of carbonyl (C=O) groups is 2. The van der Waals surface area contributed by atoms with Crippen molar-refractivity contribution in [3.05, 3.63) is 30.3 Å². The second-order valence-corrected chi connectivity index (χ2v) is 9.47. The summed E-state index contributed by atoms with van der Waals surface area (Å²) in [4.78, 5) is 25.5. The lowest BCUT2D eigenvalue weighted by atomic mass is 9.98. The van der Waals surface area contributed by atoms with Crippen LogP contribution in [0.2, 0.25) is 0 Å². The molecule has 0 aromatic heterocycles. The molecule has 146 valence electrons. The number of rotatable bonds is 6. The van der Waals surface area contributed by atoms with Crippen LogP contribution in [0.25, 0.3) is 0 Å². The van der Waals surface area contributed by atoms with E-state index in [1.54, 1.807) is 16.4 Å². The van der Waals surface area contributed by atoms with Crippen molar-refractivity contribution in [2.75, 3.05) is 12.4 Å². The van der Waals surface area contributed by atoms with Gasteiger partial charge in [-0.2, -0.15) is 4.31 Å². The normalized spacial score (nSPS) is 28.7. The summed E-state index contributed by atoms with van der Waals surface area (Å²) in [5, 5.41) is 0. The number of fused-ring (bicyclic) bond motifs is 2. The molecule has 2 unspecified atom stereocenters. The smallest absolute Gasteiger partial charge is 0.229 e. The molecule has 1 aromatic rings. The van der Waals surface area contributed by atoms with Crippen LogP contribution in [-0.4, -0.2) is 59.9 Å². The summed E-state index contributed by atoms with van der Waals surface area (Å²) in [5.74, 6) is 0.357. The monoisotopic (exact) mass is 392 g/mol. The standard InChI is InChI=1S/C19H24N2O5S/c22-18-8-9-19(23)20(18)16-12-14-6-7-15(13-16)21(14)27(24,25)11-10-26-17-4-2-1-3-5-17/h1-5,14-16H,6-13H2. The number of para-hydroxylation sites is 1. The average molecular weight is 392 g/mol. The number of carbonyl (C=O) groups excluding carboxylic acids is 2. The van der Waals surface area contributed by atoms with Crippen LogP contribution in [0, 0.1) is 0 Å². The third-order valence-electron chi connectivity index (χ3n) is 5.77. The summed E-state index contributed by atoms with van der Waals surface area (Å²) < 4.78 is 33.0. The van der Waals surface area contributed by atoms with Gasteiger partial charge in [-0.3, -0.25) is 14.5 Å². The molecule has 27 heavy (non-hydrogen) atoms. The Morgan fingerprint density at radius 1 is 0.926 bits per heavy atom. The molecule has 1 aromatic carbocycles. The largest absolute Gasteiger partial charge is 0.492 e. The quantitative estimate of drug-likeness (QED) is 0.686. The minimum Gasteiger partial charge on any atom is -0.492 e. The first kappa shape index (κ1) is 18.4. The fourth-order valence-corrected chi connectivity index (χ4v) is 6.45. The highest BCUT2D eigenvalue weighted by molar-refractivity contribution is 7.89. The number of benzene rings is 1. The number of ether oxygens (including phenoxy) is 1. The molecule has 0 spiro atoms. The number of imide groups is 1. The van der Waals surface area contributed by atoms with Crippen molar-refractivity contribution in [3.63, 3.8) is 0 Å². The molecule has 8 heteroatoms. The highest BCUT2D eigenvalue weighted by Gasteiger charge is 2.50. The third-order valence-corrected chi connectivity index (χ3v) is 7.69. The van der Waals surface area contributed by atoms with Gasteiger partial charge >= 0.3 is 0 Å². The maximum atomic E-state index is 12.9. The fourth-order valence-electron chi connectivity index (χ4n) is 4.66. The van der Waals surface area contributed by atoms with E-state index < -0.39 is 10.0 Å². The number of nitrogens with zero attached hydrogens (tertiary/aromatic N) is 2. The SMILES string of the molecule is O=C1CCC(=O)N1C1CC2CCC(C1)N2S(=O)(=O)CCOc1ccccc1. The Morgan fingerprint density at radius 3 is 2.11 bits per heavy atom. The first-order valence-corrected chi connectivity index (χ1v) is 11.1. The van der Waals surface area contributed by atoms with Crippen molar-refractivity contribution < 1.29 is 22.7 Å². The number of sulfonamides is 1. The van der Waals surface area contributed by atoms with Gasteiger partial charge in [-0.1, -0.05) is 18.2 Å². The number of hydrogen-bond donors (Lipinski definition) is 0. The molecular formula is C19H24N2O5S. The van der Waals surface area contributed by atoms with Gasteiger partial charge in [0.1, 0.15) is 12.4 Å². The van der Waals surface area contributed by atoms with Gasteiger partial charge in [0.15, 0.2) is 0 Å². The Balaban J connectivity index is 1.40. The van der Waals surface area contributed by atoms with Gasteiger partial charge in [0.2, 0.25) is 21.8 Å². The first-order valence-electron chi connectivity index (χ1n) is 9.49. The summed E-state index contributed by atoms with van der Waals surface area (Å²) in [6, 6.07) is 8.75. The second-order valence-electron chi connectivity index (χ2n) is 7.48. The summed E-state index contributed by atoms with van der Waals surface area (Å²) in [6.45, 7) is 0.106. The maximum absolute atomic E-state index is 12.9. The minimum absolute atomic E-state index is 0.0683. The van der Waals surface area contributed by atoms with Crippen LogP contribution < -0.4 is 4.74 Å². The number of likely N-dealkylation sites (tertiary alicyclic amines) is 1. The van der Waals surface area contributed by atoms with Crippen molar-refractivity contribution in [1.29, 1.82) is 0 Å². The highest BCUT2D eigenvalue weighted by atomic mass is 32.2. The summed E-state index contributed by atoms with van der Waals surface area (Å²) in [7, 11) is -3.44. The first-order chi connectivity index (χ1) is 13.0. The molecule has 2 amide bonds. The lowest BCUT2D eigenvalue weighted by Gasteiger charge is -2.40. The molecule has 0 N–H and O–H groups in total. The van der Waals surface area contributed by atoms with Crippen LogP contribution >= 0.6 is 0 Å². The van der Waals surface area contributed by atoms with Crippen LogP contribution in [0.3, 0.4) is 0 Å². The van der Waals surface area contributed by atoms with Crippen LogP contribution in [0.5, 0.6) is 5.75 Å². The lowest BCUT2D eigenvalue weighted by Crippen LogP contribution is -2.54. The van der Waals surface area contributed by atoms with E-state index in [2.05, 4.69) is 0 Å². The maximum Gasteiger partial charge on any atom is 0.229 e. The van der Waals surface area contributed by atoms with Crippen molar-refractivity contribution >= 4 is 21.8 Å². The Bertz CT molecular complexity index is 796. The van der Waals surface area contributed by atoms with Crippen molar-refractivity contribution in [3.8, 4) is 5.75 Å². The molecule has 0 aliphatic carbocycles. The topological polar surface area (TPSA) is 84.0 Å². The van der Waals surface area contributed by atoms with E-state index in [0.717, 1.165) is 12.8 Å². The Kier molecular flexibility index (Phi) is 4.94. The molecule has 0 radical (unpaired) electrons. The van der Waals surface area contributed by atoms with E-state index in [9.17, 15) is 18.0 Å². The second kappa shape index (κ2) is 7.24. The average Bonchev–Trinajstić information content (AvgIpc) is 3.12. The zero-order valence-electron chi connectivity index (χ0n) is 15.1. The summed E-state index contributed by atoms with van der Waals surface area (Å²) >= 11 is 0. The number of piperidine rings is 1. The zero-order valence-corrected chi connectivity index (χ0v) is 15.9. The van der Waals surface area contributed by atoms with Gasteiger partial charge in [0.25, 0.3) is 0 Å². The van der Waals surface area contributed by atoms with Crippen LogP contribution in [0.15, 0.2) is 30.3 Å². The molecule has 4 rings (SSSR count). The van der Waals surface area contributed by atoms with Crippen LogP contribution in [-0.2, 0) is 19.6 Å². The minimum atomic E-state index is -3.44. The van der Waals surface area contributed by atoms with Gasteiger partial charge in [-0.15, -0.1) is 0 Å². The molecule has 3 fully saturated rings. The van der Waals surface area contributed by atoms with Gasteiger partial charge in [-0.05, 0) is 37.8 Å². The van der Waals surface area contributed by atoms with Crippen molar-refractivity contribution in [2.45, 2.75) is 56.7 Å². The third kappa shape index (κ3) is 3.60. The van der Waals surface area contributed by atoms with E-state index >= 15 is 0 Å². The molecule has 3 aliphatic heterocycles. The molecule has 0 saturated carbocycles. The Hall–Kier alpha value is -1.93. The van der Waals surface area contributed by atoms with E-state index in [4.69, 9.17) is 4.74 Å². The van der Waals surface area contributed by atoms with E-state index in [1.165, 1.54) is 4.90 Å². The Labute approximate surface area is 159 Å². The predicted octanol–water partition coefficient (Wildman–Crippen LogP) is 1.54. The van der Waals surface area contributed by atoms with E-state index in [-0.39, 0.29) is 55.1 Å². The van der Waals surface area contributed by atoms with Crippen molar-refractivity contribution in [2.24, 2.45) is 0 Å². The molecule has 2 atom stereocenters. The molecule has 7 nitrogen and oxygen atoms in total. The highest BCUT2D eigenvalue weighted by Crippen LogP contribution is 2.40. The lowest BCUT2D eigenvalue weighted by molar-refractivity contribution is -0.142. The molecule has 2 bridgehead atoms. The number of amides is 2. The van der Waals surface area contributed by atoms with Crippen LogP contribution in [0.4, 0.5) is 0 Å². The van der Waals surface area contributed by atoms with E-state index in [0.29, 0.717) is 18.6 Å². The van der Waals surface area contributed by atoms with Gasteiger partial charge in [0, 0.05) is 31.0 Å². The predicted molar refractivity (Wildman–Crippen MR) is 98.5 cm³/mol. The molecule has 3 saturated heterocycles. The zero-order chi connectivity index (χ0) is 19.0. The van der Waals surface area contributed by atoms with Crippen molar-refractivity contribution in [1.82, 2.24) is 9.21 Å². The summed E-state index contributed by atoms with van der Waals surface area (Å²) in [6.07, 6.45) is 3.23. The van der Waals surface area contributed by atoms with Gasteiger partial charge in [-0.25, -0.2) is 8.42 Å². The molecule has 3 heterocycles. The Morgan fingerprint density at radius 2 is 1.52 bits per heavy atom. The van der Waals surface area contributed by atoms with E-state index in [1.807, 2.05) is 18.2 Å².